The smallest absolute Gasteiger partial charge is 0.323 e. The summed E-state index contributed by atoms with van der Waals surface area (Å²) in [5.41, 5.74) is 0.477. The summed E-state index contributed by atoms with van der Waals surface area (Å²) in [7, 11) is 1.51. The van der Waals surface area contributed by atoms with Crippen molar-refractivity contribution in [1.82, 2.24) is 4.90 Å². The Kier molecular flexibility index (Phi) is 5.16. The van der Waals surface area contributed by atoms with Crippen molar-refractivity contribution in [2.75, 3.05) is 26.8 Å². The highest BCUT2D eigenvalue weighted by Crippen LogP contribution is 2.04. The van der Waals surface area contributed by atoms with Crippen LogP contribution in [0.2, 0.25) is 0 Å². The van der Waals surface area contributed by atoms with Crippen molar-refractivity contribution in [2.24, 2.45) is 0 Å². The molecule has 1 rings (SSSR count). The molecule has 0 aliphatic heterocycles. The molecule has 0 aromatic heterocycles. The maximum absolute atomic E-state index is 12.0. The van der Waals surface area contributed by atoms with Crippen LogP contribution in [0.5, 0.6) is 0 Å². The molecule has 1 aromatic rings. The van der Waals surface area contributed by atoms with Crippen LogP contribution in [0.25, 0.3) is 0 Å². The molecule has 0 spiro atoms. The van der Waals surface area contributed by atoms with Crippen molar-refractivity contribution in [3.63, 3.8) is 0 Å². The molecule has 5 heteroatoms. The maximum Gasteiger partial charge on any atom is 0.323 e. The third kappa shape index (κ3) is 4.24. The van der Waals surface area contributed by atoms with Crippen LogP contribution in [0.3, 0.4) is 0 Å². The van der Waals surface area contributed by atoms with Crippen molar-refractivity contribution in [3.05, 3.63) is 35.9 Å². The number of benzene rings is 1. The van der Waals surface area contributed by atoms with E-state index in [-0.39, 0.29) is 19.0 Å². The second-order valence-corrected chi connectivity index (χ2v) is 3.48. The van der Waals surface area contributed by atoms with Gasteiger partial charge in [-0.05, 0) is 12.1 Å². The molecule has 0 bridgehead atoms. The van der Waals surface area contributed by atoms with Crippen LogP contribution in [0.15, 0.2) is 30.3 Å². The molecule has 0 atom stereocenters. The fraction of sp³-hybridized carbons (Fsp3) is 0.333. The number of hydrogen-bond acceptors (Lipinski definition) is 3. The largest absolute Gasteiger partial charge is 0.480 e. The van der Waals surface area contributed by atoms with E-state index in [0.717, 1.165) is 0 Å². The minimum Gasteiger partial charge on any atom is -0.480 e. The van der Waals surface area contributed by atoms with Crippen molar-refractivity contribution >= 4 is 11.9 Å². The van der Waals surface area contributed by atoms with Gasteiger partial charge < -0.3 is 14.7 Å². The summed E-state index contributed by atoms with van der Waals surface area (Å²) in [5, 5.41) is 8.74. The zero-order valence-corrected chi connectivity index (χ0v) is 9.63. The van der Waals surface area contributed by atoms with Crippen molar-refractivity contribution < 1.29 is 19.4 Å². The summed E-state index contributed by atoms with van der Waals surface area (Å²) in [6.07, 6.45) is 0. The summed E-state index contributed by atoms with van der Waals surface area (Å²) in [6.45, 7) is 0.249. The molecule has 0 radical (unpaired) electrons. The molecule has 0 fully saturated rings. The van der Waals surface area contributed by atoms with Crippen LogP contribution in [0.4, 0.5) is 0 Å². The third-order valence-corrected chi connectivity index (χ3v) is 2.20. The number of aliphatic carboxylic acids is 1. The van der Waals surface area contributed by atoms with E-state index < -0.39 is 5.97 Å². The highest BCUT2D eigenvalue weighted by atomic mass is 16.5. The lowest BCUT2D eigenvalue weighted by Crippen LogP contribution is -2.37. The number of carbonyl (C=O) groups is 2. The van der Waals surface area contributed by atoms with Gasteiger partial charge in [-0.3, -0.25) is 9.59 Å². The Balaban J connectivity index is 2.75. The Hall–Kier alpha value is -1.88. The van der Waals surface area contributed by atoms with Crippen molar-refractivity contribution in [1.29, 1.82) is 0 Å². The van der Waals surface area contributed by atoms with E-state index in [1.807, 2.05) is 0 Å². The molecule has 92 valence electrons. The van der Waals surface area contributed by atoms with Gasteiger partial charge in [0.1, 0.15) is 6.54 Å². The molecule has 1 amide bonds. The van der Waals surface area contributed by atoms with E-state index in [1.54, 1.807) is 30.3 Å². The molecule has 5 nitrogen and oxygen atoms in total. The van der Waals surface area contributed by atoms with Crippen LogP contribution in [0, 0.1) is 0 Å². The molecular formula is C12H15NO4. The Labute approximate surface area is 99.6 Å². The monoisotopic (exact) mass is 237 g/mol. The van der Waals surface area contributed by atoms with Gasteiger partial charge in [-0.2, -0.15) is 0 Å². The highest BCUT2D eigenvalue weighted by Gasteiger charge is 2.17. The highest BCUT2D eigenvalue weighted by molar-refractivity contribution is 5.95. The summed E-state index contributed by atoms with van der Waals surface area (Å²) < 4.78 is 4.85. The van der Waals surface area contributed by atoms with Crippen molar-refractivity contribution in [3.8, 4) is 0 Å². The lowest BCUT2D eigenvalue weighted by atomic mass is 10.2. The van der Waals surface area contributed by atoms with Gasteiger partial charge >= 0.3 is 5.97 Å². The summed E-state index contributed by atoms with van der Waals surface area (Å²) in [4.78, 5) is 23.9. The number of amides is 1. The summed E-state index contributed by atoms with van der Waals surface area (Å²) in [5.74, 6) is -1.34. The summed E-state index contributed by atoms with van der Waals surface area (Å²) in [6, 6.07) is 8.59. The minimum absolute atomic E-state index is 0.260. The van der Waals surface area contributed by atoms with Crippen LogP contribution < -0.4 is 0 Å². The molecule has 17 heavy (non-hydrogen) atoms. The van der Waals surface area contributed by atoms with Crippen LogP contribution >= 0.6 is 0 Å². The number of hydrogen-bond donors (Lipinski definition) is 1. The number of rotatable bonds is 6. The SMILES string of the molecule is COCCN(CC(=O)O)C(=O)c1ccccc1. The van der Waals surface area contributed by atoms with Crippen LogP contribution in [-0.2, 0) is 9.53 Å². The number of ether oxygens (including phenoxy) is 1. The van der Waals surface area contributed by atoms with E-state index in [9.17, 15) is 9.59 Å². The van der Waals surface area contributed by atoms with Crippen molar-refractivity contribution in [2.45, 2.75) is 0 Å². The molecule has 0 saturated carbocycles. The topological polar surface area (TPSA) is 66.8 Å². The Morgan fingerprint density at radius 2 is 1.94 bits per heavy atom. The fourth-order valence-electron chi connectivity index (χ4n) is 1.38. The minimum atomic E-state index is -1.04. The molecule has 0 aliphatic rings. The van der Waals surface area contributed by atoms with E-state index in [4.69, 9.17) is 9.84 Å². The van der Waals surface area contributed by atoms with Gasteiger partial charge in [0, 0.05) is 19.2 Å². The maximum atomic E-state index is 12.0. The lowest BCUT2D eigenvalue weighted by Gasteiger charge is -2.20. The quantitative estimate of drug-likeness (QED) is 0.796. The predicted molar refractivity (Wildman–Crippen MR) is 61.9 cm³/mol. The fourth-order valence-corrected chi connectivity index (χ4v) is 1.38. The number of carboxylic acids is 1. The van der Waals surface area contributed by atoms with E-state index in [2.05, 4.69) is 0 Å². The third-order valence-electron chi connectivity index (χ3n) is 2.20. The van der Waals surface area contributed by atoms with Gasteiger partial charge in [-0.15, -0.1) is 0 Å². The van der Waals surface area contributed by atoms with Gasteiger partial charge in [-0.25, -0.2) is 0 Å². The molecule has 1 aromatic carbocycles. The van der Waals surface area contributed by atoms with E-state index in [0.29, 0.717) is 12.2 Å². The Morgan fingerprint density at radius 1 is 1.29 bits per heavy atom. The van der Waals surface area contributed by atoms with Gasteiger partial charge in [-0.1, -0.05) is 18.2 Å². The standard InChI is InChI=1S/C12H15NO4/c1-17-8-7-13(9-11(14)15)12(16)10-5-3-2-4-6-10/h2-6H,7-9H2,1H3,(H,14,15). The zero-order valence-electron chi connectivity index (χ0n) is 9.63. The normalized spacial score (nSPS) is 9.94. The van der Waals surface area contributed by atoms with Gasteiger partial charge in [0.05, 0.1) is 6.61 Å². The molecule has 1 N–H and O–H groups in total. The first-order valence-electron chi connectivity index (χ1n) is 5.20. The van der Waals surface area contributed by atoms with E-state index in [1.165, 1.54) is 12.0 Å². The average molecular weight is 237 g/mol. The first-order valence-corrected chi connectivity index (χ1v) is 5.20. The molecule has 0 heterocycles. The van der Waals surface area contributed by atoms with Crippen LogP contribution in [0.1, 0.15) is 10.4 Å². The second-order valence-electron chi connectivity index (χ2n) is 3.48. The summed E-state index contributed by atoms with van der Waals surface area (Å²) >= 11 is 0. The number of methoxy groups -OCH3 is 1. The number of nitrogens with zero attached hydrogens (tertiary/aromatic N) is 1. The van der Waals surface area contributed by atoms with Gasteiger partial charge in [0.25, 0.3) is 5.91 Å². The molecule has 0 unspecified atom stereocenters. The number of carbonyl (C=O) groups excluding carboxylic acids is 1. The Morgan fingerprint density at radius 3 is 2.47 bits per heavy atom. The first-order chi connectivity index (χ1) is 8.15. The predicted octanol–water partition coefficient (Wildman–Crippen LogP) is 0.860. The molecule has 0 saturated heterocycles. The lowest BCUT2D eigenvalue weighted by molar-refractivity contribution is -0.137. The molecule has 0 aliphatic carbocycles. The second kappa shape index (κ2) is 6.65. The van der Waals surface area contributed by atoms with Gasteiger partial charge in [0.15, 0.2) is 0 Å². The van der Waals surface area contributed by atoms with Crippen LogP contribution in [-0.4, -0.2) is 48.7 Å². The molecular weight excluding hydrogens is 222 g/mol. The van der Waals surface area contributed by atoms with Gasteiger partial charge in [0.2, 0.25) is 0 Å². The Bertz CT molecular complexity index is 377. The number of carboxylic acid groups (broad SMARTS) is 1. The zero-order chi connectivity index (χ0) is 12.7. The first kappa shape index (κ1) is 13.2. The average Bonchev–Trinajstić information content (AvgIpc) is 2.34. The van der Waals surface area contributed by atoms with E-state index >= 15 is 0 Å².